The molecule has 0 fully saturated rings. The lowest BCUT2D eigenvalue weighted by molar-refractivity contribution is -0.384. The highest BCUT2D eigenvalue weighted by Gasteiger charge is 2.14. The van der Waals surface area contributed by atoms with Gasteiger partial charge >= 0.3 is 0 Å². The summed E-state index contributed by atoms with van der Waals surface area (Å²) in [7, 11) is 6.76. The van der Waals surface area contributed by atoms with Crippen molar-refractivity contribution in [2.75, 3.05) is 34.9 Å². The van der Waals surface area contributed by atoms with Crippen LogP contribution in [0.3, 0.4) is 0 Å². The highest BCUT2D eigenvalue weighted by Crippen LogP contribution is 2.27. The van der Waals surface area contributed by atoms with E-state index in [2.05, 4.69) is 0 Å². The van der Waals surface area contributed by atoms with Gasteiger partial charge in [0, 0.05) is 32.3 Å². The summed E-state index contributed by atoms with van der Waals surface area (Å²) in [6, 6.07) is 11.9. The summed E-state index contributed by atoms with van der Waals surface area (Å²) in [6.07, 6.45) is 0. The summed E-state index contributed by atoms with van der Waals surface area (Å²) in [5.41, 5.74) is 1.88. The SMILES string of the molecule is COc1ccc(CN(C)CC(=O)N(C)Cc2ccc([N+](=O)[O-])cc2)cc1OC. The van der Waals surface area contributed by atoms with Crippen LogP contribution in [-0.4, -0.2) is 55.5 Å². The Bertz CT molecular complexity index is 823. The summed E-state index contributed by atoms with van der Waals surface area (Å²) in [4.78, 5) is 26.3. The van der Waals surface area contributed by atoms with Crippen LogP contribution in [0.5, 0.6) is 11.5 Å². The van der Waals surface area contributed by atoms with E-state index in [-0.39, 0.29) is 18.1 Å². The van der Waals surface area contributed by atoms with Gasteiger partial charge in [-0.3, -0.25) is 19.8 Å². The largest absolute Gasteiger partial charge is 0.493 e. The van der Waals surface area contributed by atoms with Gasteiger partial charge in [-0.2, -0.15) is 0 Å². The maximum Gasteiger partial charge on any atom is 0.269 e. The number of likely N-dealkylation sites (N-methyl/N-ethyl adjacent to an activating group) is 2. The minimum Gasteiger partial charge on any atom is -0.493 e. The Hall–Kier alpha value is -3.13. The van der Waals surface area contributed by atoms with Crippen LogP contribution in [-0.2, 0) is 17.9 Å². The molecule has 0 aliphatic rings. The molecule has 8 heteroatoms. The zero-order valence-corrected chi connectivity index (χ0v) is 16.5. The molecule has 0 N–H and O–H groups in total. The van der Waals surface area contributed by atoms with Gasteiger partial charge in [0.15, 0.2) is 11.5 Å². The molecule has 0 saturated heterocycles. The van der Waals surface area contributed by atoms with Gasteiger partial charge in [-0.15, -0.1) is 0 Å². The number of hydrogen-bond acceptors (Lipinski definition) is 6. The fraction of sp³-hybridized carbons (Fsp3) is 0.350. The standard InChI is InChI=1S/C20H25N3O5/c1-21(12-16-7-10-18(27-3)19(11-16)28-4)14-20(24)22(2)13-15-5-8-17(9-6-15)23(25)26/h5-11H,12-14H2,1-4H3. The minimum atomic E-state index is -0.443. The Morgan fingerprint density at radius 3 is 2.14 bits per heavy atom. The molecule has 0 spiro atoms. The molecular formula is C20H25N3O5. The summed E-state index contributed by atoms with van der Waals surface area (Å²) < 4.78 is 10.5. The number of non-ortho nitro benzene ring substituents is 1. The van der Waals surface area contributed by atoms with Gasteiger partial charge < -0.3 is 14.4 Å². The number of methoxy groups -OCH3 is 2. The van der Waals surface area contributed by atoms with Crippen molar-refractivity contribution < 1.29 is 19.2 Å². The molecule has 2 rings (SSSR count). The molecular weight excluding hydrogens is 362 g/mol. The van der Waals surface area contributed by atoms with Crippen LogP contribution >= 0.6 is 0 Å². The van der Waals surface area contributed by atoms with E-state index in [4.69, 9.17) is 9.47 Å². The van der Waals surface area contributed by atoms with Crippen molar-refractivity contribution in [3.8, 4) is 11.5 Å². The second kappa shape index (κ2) is 9.70. The quantitative estimate of drug-likeness (QED) is 0.486. The predicted molar refractivity (Wildman–Crippen MR) is 105 cm³/mol. The van der Waals surface area contributed by atoms with Crippen molar-refractivity contribution in [2.45, 2.75) is 13.1 Å². The first-order valence-corrected chi connectivity index (χ1v) is 8.70. The summed E-state index contributed by atoms with van der Waals surface area (Å²) in [5, 5.41) is 10.7. The van der Waals surface area contributed by atoms with Gasteiger partial charge in [-0.05, 0) is 30.3 Å². The molecule has 1 amide bonds. The lowest BCUT2D eigenvalue weighted by Crippen LogP contribution is -2.36. The Morgan fingerprint density at radius 1 is 0.964 bits per heavy atom. The maximum atomic E-state index is 12.5. The van der Waals surface area contributed by atoms with Crippen LogP contribution in [0.1, 0.15) is 11.1 Å². The third-order valence-corrected chi connectivity index (χ3v) is 4.30. The molecule has 0 aliphatic heterocycles. The van der Waals surface area contributed by atoms with Crippen molar-refractivity contribution in [2.24, 2.45) is 0 Å². The third-order valence-electron chi connectivity index (χ3n) is 4.30. The second-order valence-electron chi connectivity index (χ2n) is 6.53. The Kier molecular flexibility index (Phi) is 7.34. The number of rotatable bonds is 9. The van der Waals surface area contributed by atoms with E-state index in [1.54, 1.807) is 38.3 Å². The normalized spacial score (nSPS) is 10.6. The van der Waals surface area contributed by atoms with E-state index in [0.29, 0.717) is 24.6 Å². The van der Waals surface area contributed by atoms with Crippen molar-refractivity contribution in [3.63, 3.8) is 0 Å². The van der Waals surface area contributed by atoms with E-state index in [0.717, 1.165) is 11.1 Å². The number of nitrogens with zero attached hydrogens (tertiary/aromatic N) is 3. The third kappa shape index (κ3) is 5.68. The number of nitro benzene ring substituents is 1. The molecule has 2 aromatic rings. The topological polar surface area (TPSA) is 85.2 Å². The summed E-state index contributed by atoms with van der Waals surface area (Å²) >= 11 is 0. The van der Waals surface area contributed by atoms with Gasteiger partial charge in [0.1, 0.15) is 0 Å². The Morgan fingerprint density at radius 2 is 1.57 bits per heavy atom. The van der Waals surface area contributed by atoms with E-state index in [9.17, 15) is 14.9 Å². The van der Waals surface area contributed by atoms with Gasteiger partial charge in [-0.25, -0.2) is 0 Å². The van der Waals surface area contributed by atoms with Crippen molar-refractivity contribution in [1.82, 2.24) is 9.80 Å². The molecule has 150 valence electrons. The van der Waals surface area contributed by atoms with Crippen molar-refractivity contribution >= 4 is 11.6 Å². The molecule has 0 aliphatic carbocycles. The first-order chi connectivity index (χ1) is 13.3. The Labute approximate surface area is 164 Å². The monoisotopic (exact) mass is 387 g/mol. The number of hydrogen-bond donors (Lipinski definition) is 0. The second-order valence-corrected chi connectivity index (χ2v) is 6.53. The lowest BCUT2D eigenvalue weighted by Gasteiger charge is -2.22. The molecule has 0 aromatic heterocycles. The fourth-order valence-corrected chi connectivity index (χ4v) is 2.78. The predicted octanol–water partition coefficient (Wildman–Crippen LogP) is 2.70. The van der Waals surface area contributed by atoms with Gasteiger partial charge in [-0.1, -0.05) is 18.2 Å². The van der Waals surface area contributed by atoms with Crippen LogP contribution in [0.25, 0.3) is 0 Å². The van der Waals surface area contributed by atoms with E-state index in [1.165, 1.54) is 12.1 Å². The lowest BCUT2D eigenvalue weighted by atomic mass is 10.2. The van der Waals surface area contributed by atoms with Crippen LogP contribution in [0.15, 0.2) is 42.5 Å². The van der Waals surface area contributed by atoms with Crippen LogP contribution in [0.2, 0.25) is 0 Å². The zero-order valence-electron chi connectivity index (χ0n) is 16.5. The number of carbonyl (C=O) groups is 1. The minimum absolute atomic E-state index is 0.0346. The van der Waals surface area contributed by atoms with Crippen molar-refractivity contribution in [1.29, 1.82) is 0 Å². The molecule has 0 unspecified atom stereocenters. The molecule has 0 radical (unpaired) electrons. The number of nitro groups is 1. The highest BCUT2D eigenvalue weighted by atomic mass is 16.6. The number of carbonyl (C=O) groups excluding carboxylic acids is 1. The molecule has 2 aromatic carbocycles. The average molecular weight is 387 g/mol. The first kappa shape index (κ1) is 21.2. The summed E-state index contributed by atoms with van der Waals surface area (Å²) in [6.45, 7) is 1.22. The molecule has 0 heterocycles. The molecule has 0 bridgehead atoms. The number of ether oxygens (including phenoxy) is 2. The summed E-state index contributed by atoms with van der Waals surface area (Å²) in [5.74, 6) is 1.27. The van der Waals surface area contributed by atoms with E-state index < -0.39 is 4.92 Å². The van der Waals surface area contributed by atoms with Gasteiger partial charge in [0.25, 0.3) is 5.69 Å². The van der Waals surface area contributed by atoms with Crippen molar-refractivity contribution in [3.05, 3.63) is 63.7 Å². The molecule has 0 atom stereocenters. The van der Waals surface area contributed by atoms with Gasteiger partial charge in [0.2, 0.25) is 5.91 Å². The maximum absolute atomic E-state index is 12.5. The van der Waals surface area contributed by atoms with Gasteiger partial charge in [0.05, 0.1) is 25.7 Å². The fourth-order valence-electron chi connectivity index (χ4n) is 2.78. The molecule has 8 nitrogen and oxygen atoms in total. The van der Waals surface area contributed by atoms with Crippen LogP contribution in [0.4, 0.5) is 5.69 Å². The molecule has 28 heavy (non-hydrogen) atoms. The molecule has 0 saturated carbocycles. The smallest absolute Gasteiger partial charge is 0.269 e. The highest BCUT2D eigenvalue weighted by molar-refractivity contribution is 5.78. The van der Waals surface area contributed by atoms with Crippen LogP contribution in [0, 0.1) is 10.1 Å². The van der Waals surface area contributed by atoms with Crippen LogP contribution < -0.4 is 9.47 Å². The zero-order chi connectivity index (χ0) is 20.7. The number of benzene rings is 2. The van der Waals surface area contributed by atoms with E-state index >= 15 is 0 Å². The van der Waals surface area contributed by atoms with E-state index in [1.807, 2.05) is 30.1 Å². The number of amides is 1. The Balaban J connectivity index is 1.91. The average Bonchev–Trinajstić information content (AvgIpc) is 2.68. The first-order valence-electron chi connectivity index (χ1n) is 8.70.